The number of benzene rings is 2. The Kier molecular flexibility index (Phi) is 6.39. The van der Waals surface area contributed by atoms with E-state index >= 15 is 0 Å². The Morgan fingerprint density at radius 3 is 2.45 bits per heavy atom. The van der Waals surface area contributed by atoms with E-state index in [1.54, 1.807) is 38.4 Å². The second kappa shape index (κ2) is 8.99. The van der Waals surface area contributed by atoms with Gasteiger partial charge in [-0.3, -0.25) is 19.3 Å². The number of fused-ring (bicyclic) bond motifs is 1. The largest absolute Gasteiger partial charge is 0.496 e. The lowest BCUT2D eigenvalue weighted by Crippen LogP contribution is -2.44. The molecule has 2 aromatic carbocycles. The molecule has 8 heteroatoms. The highest BCUT2D eigenvalue weighted by molar-refractivity contribution is 6.22. The lowest BCUT2D eigenvalue weighted by molar-refractivity contribution is -0.154. The van der Waals surface area contributed by atoms with Crippen LogP contribution in [0.2, 0.25) is 0 Å². The third-order valence-corrected chi connectivity index (χ3v) is 5.17. The number of carbonyl (C=O) groups is 4. The van der Waals surface area contributed by atoms with Crippen LogP contribution in [-0.4, -0.2) is 60.3 Å². The molecule has 3 rings (SSSR count). The third-order valence-electron chi connectivity index (χ3n) is 5.17. The van der Waals surface area contributed by atoms with Gasteiger partial charge in [-0.05, 0) is 32.0 Å². The quantitative estimate of drug-likeness (QED) is 0.500. The van der Waals surface area contributed by atoms with Gasteiger partial charge in [0.25, 0.3) is 17.7 Å². The van der Waals surface area contributed by atoms with Crippen molar-refractivity contribution in [3.63, 3.8) is 0 Å². The summed E-state index contributed by atoms with van der Waals surface area (Å²) in [6.45, 7) is 2.98. The van der Waals surface area contributed by atoms with E-state index in [1.165, 1.54) is 11.8 Å². The second-order valence-electron chi connectivity index (χ2n) is 7.37. The summed E-state index contributed by atoms with van der Waals surface area (Å²) in [6.07, 6.45) is 0. The maximum absolute atomic E-state index is 12.6. The van der Waals surface area contributed by atoms with E-state index in [9.17, 15) is 19.2 Å². The molecule has 1 heterocycles. The van der Waals surface area contributed by atoms with E-state index in [2.05, 4.69) is 0 Å². The van der Waals surface area contributed by atoms with E-state index in [1.807, 2.05) is 25.1 Å². The number of imide groups is 1. The summed E-state index contributed by atoms with van der Waals surface area (Å²) in [4.78, 5) is 52.4. The number of ether oxygens (including phenoxy) is 2. The van der Waals surface area contributed by atoms with Crippen molar-refractivity contribution in [2.45, 2.75) is 26.4 Å². The van der Waals surface area contributed by atoms with Gasteiger partial charge in [-0.2, -0.15) is 0 Å². The van der Waals surface area contributed by atoms with Crippen molar-refractivity contribution >= 4 is 23.7 Å². The number of amides is 3. The zero-order valence-corrected chi connectivity index (χ0v) is 17.9. The topological polar surface area (TPSA) is 93.2 Å². The number of methoxy groups -OCH3 is 1. The molecule has 0 aliphatic carbocycles. The minimum atomic E-state index is -1.15. The van der Waals surface area contributed by atoms with Gasteiger partial charge in [0.15, 0.2) is 6.61 Å². The molecular formula is C23H24N2O6. The average molecular weight is 424 g/mol. The SMILES string of the molecule is COc1ccccc1CN(C)C(=O)COC(=O)C(C)N1C(=O)c2ccc(C)cc2C1=O. The minimum absolute atomic E-state index is 0.253. The van der Waals surface area contributed by atoms with Crippen LogP contribution in [0.4, 0.5) is 0 Å². The van der Waals surface area contributed by atoms with Crippen LogP contribution < -0.4 is 4.74 Å². The number of aryl methyl sites for hydroxylation is 1. The molecule has 2 aromatic rings. The van der Waals surface area contributed by atoms with Gasteiger partial charge in [0.2, 0.25) is 0 Å². The Bertz CT molecular complexity index is 1050. The average Bonchev–Trinajstić information content (AvgIpc) is 3.00. The van der Waals surface area contributed by atoms with Crippen LogP contribution >= 0.6 is 0 Å². The first-order valence-corrected chi connectivity index (χ1v) is 9.75. The predicted molar refractivity (Wildman–Crippen MR) is 112 cm³/mol. The first-order chi connectivity index (χ1) is 14.7. The summed E-state index contributed by atoms with van der Waals surface area (Å²) in [6, 6.07) is 11.0. The second-order valence-corrected chi connectivity index (χ2v) is 7.37. The summed E-state index contributed by atoms with van der Waals surface area (Å²) in [5.74, 6) is -1.71. The molecule has 0 bridgehead atoms. The molecule has 3 amide bonds. The highest BCUT2D eigenvalue weighted by Crippen LogP contribution is 2.26. The summed E-state index contributed by atoms with van der Waals surface area (Å²) in [7, 11) is 3.13. The van der Waals surface area contributed by atoms with E-state index in [0.717, 1.165) is 16.0 Å². The number of rotatable bonds is 7. The lowest BCUT2D eigenvalue weighted by atomic mass is 10.1. The van der Waals surface area contributed by atoms with Gasteiger partial charge < -0.3 is 14.4 Å². The lowest BCUT2D eigenvalue weighted by Gasteiger charge is -2.22. The minimum Gasteiger partial charge on any atom is -0.496 e. The molecule has 0 aromatic heterocycles. The van der Waals surface area contributed by atoms with Gasteiger partial charge in [-0.1, -0.05) is 29.8 Å². The Labute approximate surface area is 180 Å². The van der Waals surface area contributed by atoms with Crippen LogP contribution in [0.3, 0.4) is 0 Å². The number of carbonyl (C=O) groups excluding carboxylic acids is 4. The molecule has 0 N–H and O–H groups in total. The number of esters is 1. The maximum Gasteiger partial charge on any atom is 0.329 e. The maximum atomic E-state index is 12.6. The summed E-state index contributed by atoms with van der Waals surface area (Å²) < 4.78 is 10.4. The summed E-state index contributed by atoms with van der Waals surface area (Å²) >= 11 is 0. The number of likely N-dealkylation sites (N-methyl/N-ethyl adjacent to an activating group) is 1. The molecule has 1 atom stereocenters. The van der Waals surface area contributed by atoms with Crippen LogP contribution in [0.5, 0.6) is 5.75 Å². The molecule has 0 saturated carbocycles. The Morgan fingerprint density at radius 1 is 1.06 bits per heavy atom. The normalized spacial score (nSPS) is 13.6. The highest BCUT2D eigenvalue weighted by atomic mass is 16.5. The zero-order chi connectivity index (χ0) is 22.7. The number of hydrogen-bond donors (Lipinski definition) is 0. The van der Waals surface area contributed by atoms with E-state index in [0.29, 0.717) is 5.75 Å². The van der Waals surface area contributed by atoms with Gasteiger partial charge in [-0.15, -0.1) is 0 Å². The van der Waals surface area contributed by atoms with Crippen molar-refractivity contribution < 1.29 is 28.7 Å². The van der Waals surface area contributed by atoms with Crippen LogP contribution in [0, 0.1) is 6.92 Å². The standard InChI is InChI=1S/C23H24N2O6/c1-14-9-10-17-18(11-14)22(28)25(21(17)27)15(2)23(29)31-13-20(26)24(3)12-16-7-5-6-8-19(16)30-4/h5-11,15H,12-13H2,1-4H3. The van der Waals surface area contributed by atoms with E-state index < -0.39 is 36.3 Å². The predicted octanol–water partition coefficient (Wildman–Crippen LogP) is 2.19. The monoisotopic (exact) mass is 424 g/mol. The van der Waals surface area contributed by atoms with Gasteiger partial charge >= 0.3 is 5.97 Å². The Hall–Kier alpha value is -3.68. The molecule has 8 nitrogen and oxygen atoms in total. The molecule has 0 radical (unpaired) electrons. The molecule has 1 aliphatic heterocycles. The molecule has 31 heavy (non-hydrogen) atoms. The van der Waals surface area contributed by atoms with E-state index in [-0.39, 0.29) is 17.7 Å². The zero-order valence-electron chi connectivity index (χ0n) is 17.9. The number of hydrogen-bond acceptors (Lipinski definition) is 6. The molecule has 1 aliphatic rings. The molecule has 162 valence electrons. The first kappa shape index (κ1) is 22.0. The van der Waals surface area contributed by atoms with Crippen molar-refractivity contribution in [3.8, 4) is 5.75 Å². The molecular weight excluding hydrogens is 400 g/mol. The van der Waals surface area contributed by atoms with Gasteiger partial charge in [-0.25, -0.2) is 4.79 Å². The fraction of sp³-hybridized carbons (Fsp3) is 0.304. The molecule has 0 saturated heterocycles. The smallest absolute Gasteiger partial charge is 0.329 e. The van der Waals surface area contributed by atoms with Crippen molar-refractivity contribution in [2.24, 2.45) is 0 Å². The van der Waals surface area contributed by atoms with Crippen molar-refractivity contribution in [1.29, 1.82) is 0 Å². The van der Waals surface area contributed by atoms with Crippen molar-refractivity contribution in [1.82, 2.24) is 9.80 Å². The van der Waals surface area contributed by atoms with Gasteiger partial charge in [0.05, 0.1) is 18.2 Å². The molecule has 0 spiro atoms. The van der Waals surface area contributed by atoms with Crippen molar-refractivity contribution in [2.75, 3.05) is 20.8 Å². The van der Waals surface area contributed by atoms with Crippen LogP contribution in [0.25, 0.3) is 0 Å². The Morgan fingerprint density at radius 2 is 1.74 bits per heavy atom. The van der Waals surface area contributed by atoms with Crippen molar-refractivity contribution in [3.05, 3.63) is 64.7 Å². The van der Waals surface area contributed by atoms with Gasteiger partial charge in [0.1, 0.15) is 11.8 Å². The van der Waals surface area contributed by atoms with Crippen LogP contribution in [0.1, 0.15) is 38.8 Å². The molecule has 1 unspecified atom stereocenters. The van der Waals surface area contributed by atoms with Crippen LogP contribution in [0.15, 0.2) is 42.5 Å². The first-order valence-electron chi connectivity index (χ1n) is 9.75. The highest BCUT2D eigenvalue weighted by Gasteiger charge is 2.41. The summed E-state index contributed by atoms with van der Waals surface area (Å²) in [5.41, 5.74) is 2.16. The third kappa shape index (κ3) is 4.42. The van der Waals surface area contributed by atoms with E-state index in [4.69, 9.17) is 9.47 Å². The van der Waals surface area contributed by atoms with Crippen LogP contribution in [-0.2, 0) is 20.9 Å². The number of para-hydroxylation sites is 1. The molecule has 0 fully saturated rings. The fourth-order valence-electron chi connectivity index (χ4n) is 3.37. The summed E-state index contributed by atoms with van der Waals surface area (Å²) in [5, 5.41) is 0. The fourth-order valence-corrected chi connectivity index (χ4v) is 3.37. The van der Waals surface area contributed by atoms with Gasteiger partial charge in [0, 0.05) is 19.2 Å². The number of nitrogens with zero attached hydrogens (tertiary/aromatic N) is 2. The Balaban J connectivity index is 1.59.